The standard InChI is InChI=1S/C13H15BrFNO/c1-16-6-2-3-12(16)9-4-5-10(11(15)7-9)13(17)8-14/h4-5,7,12H,2-3,6,8H2,1H3. The SMILES string of the molecule is CN1CCCC1c1ccc(C(=O)CBr)c(F)c1. The van der Waals surface area contributed by atoms with Gasteiger partial charge < -0.3 is 0 Å². The zero-order valence-corrected chi connectivity index (χ0v) is 11.3. The van der Waals surface area contributed by atoms with Gasteiger partial charge in [-0.3, -0.25) is 9.69 Å². The lowest BCUT2D eigenvalue weighted by Gasteiger charge is -2.20. The summed E-state index contributed by atoms with van der Waals surface area (Å²) in [4.78, 5) is 13.7. The molecule has 0 amide bonds. The molecule has 0 bridgehead atoms. The van der Waals surface area contributed by atoms with E-state index in [4.69, 9.17) is 0 Å². The van der Waals surface area contributed by atoms with E-state index in [-0.39, 0.29) is 22.7 Å². The Bertz CT molecular complexity index is 435. The number of hydrogen-bond donors (Lipinski definition) is 0. The molecule has 0 saturated carbocycles. The predicted octanol–water partition coefficient (Wildman–Crippen LogP) is 3.17. The van der Waals surface area contributed by atoms with Gasteiger partial charge in [0.05, 0.1) is 10.9 Å². The van der Waals surface area contributed by atoms with Crippen LogP contribution in [0.2, 0.25) is 0 Å². The van der Waals surface area contributed by atoms with Gasteiger partial charge in [-0.15, -0.1) is 0 Å². The van der Waals surface area contributed by atoms with E-state index < -0.39 is 5.82 Å². The number of halogens is 2. The fraction of sp³-hybridized carbons (Fsp3) is 0.462. The lowest BCUT2D eigenvalue weighted by molar-refractivity contribution is 0.102. The van der Waals surface area contributed by atoms with Crippen molar-refractivity contribution >= 4 is 21.7 Å². The molecule has 1 saturated heterocycles. The highest BCUT2D eigenvalue weighted by Crippen LogP contribution is 2.31. The molecule has 4 heteroatoms. The van der Waals surface area contributed by atoms with E-state index in [0.717, 1.165) is 24.9 Å². The molecule has 0 spiro atoms. The summed E-state index contributed by atoms with van der Waals surface area (Å²) in [5, 5.41) is 0.159. The van der Waals surface area contributed by atoms with Crippen molar-refractivity contribution < 1.29 is 9.18 Å². The number of hydrogen-bond acceptors (Lipinski definition) is 2. The van der Waals surface area contributed by atoms with E-state index in [9.17, 15) is 9.18 Å². The van der Waals surface area contributed by atoms with Gasteiger partial charge in [0.15, 0.2) is 5.78 Å². The summed E-state index contributed by atoms with van der Waals surface area (Å²) in [6, 6.07) is 5.26. The van der Waals surface area contributed by atoms with E-state index >= 15 is 0 Å². The Hall–Kier alpha value is -0.740. The normalized spacial score (nSPS) is 20.8. The van der Waals surface area contributed by atoms with Crippen molar-refractivity contribution in [1.29, 1.82) is 0 Å². The maximum Gasteiger partial charge on any atom is 0.176 e. The molecule has 0 radical (unpaired) electrons. The lowest BCUT2D eigenvalue weighted by atomic mass is 10.0. The zero-order valence-electron chi connectivity index (χ0n) is 9.75. The highest BCUT2D eigenvalue weighted by molar-refractivity contribution is 9.09. The Morgan fingerprint density at radius 3 is 2.88 bits per heavy atom. The third-order valence-corrected chi connectivity index (χ3v) is 3.83. The molecule has 1 aliphatic heterocycles. The Labute approximate surface area is 109 Å². The molecule has 0 aliphatic carbocycles. The number of carbonyl (C=O) groups is 1. The van der Waals surface area contributed by atoms with E-state index in [1.165, 1.54) is 6.07 Å². The number of benzene rings is 1. The molecule has 92 valence electrons. The highest BCUT2D eigenvalue weighted by Gasteiger charge is 2.23. The van der Waals surface area contributed by atoms with Crippen molar-refractivity contribution in [2.75, 3.05) is 18.9 Å². The first-order valence-electron chi connectivity index (χ1n) is 5.72. The van der Waals surface area contributed by atoms with Crippen LogP contribution in [0.25, 0.3) is 0 Å². The minimum absolute atomic E-state index is 0.159. The van der Waals surface area contributed by atoms with Crippen LogP contribution in [0.5, 0.6) is 0 Å². The predicted molar refractivity (Wildman–Crippen MR) is 69.1 cm³/mol. The van der Waals surface area contributed by atoms with Crippen LogP contribution in [0.3, 0.4) is 0 Å². The third-order valence-electron chi connectivity index (χ3n) is 3.32. The number of nitrogens with zero attached hydrogens (tertiary/aromatic N) is 1. The zero-order chi connectivity index (χ0) is 12.4. The van der Waals surface area contributed by atoms with Crippen LogP contribution in [-0.4, -0.2) is 29.6 Å². The van der Waals surface area contributed by atoms with Gasteiger partial charge in [0.1, 0.15) is 5.82 Å². The van der Waals surface area contributed by atoms with E-state index in [1.807, 2.05) is 13.1 Å². The second-order valence-electron chi connectivity index (χ2n) is 4.43. The van der Waals surface area contributed by atoms with Gasteiger partial charge in [-0.1, -0.05) is 22.0 Å². The van der Waals surface area contributed by atoms with Crippen molar-refractivity contribution in [2.24, 2.45) is 0 Å². The topological polar surface area (TPSA) is 20.3 Å². The van der Waals surface area contributed by atoms with Gasteiger partial charge in [-0.05, 0) is 44.1 Å². The maximum atomic E-state index is 13.8. The summed E-state index contributed by atoms with van der Waals surface area (Å²) in [5.41, 5.74) is 1.14. The Morgan fingerprint density at radius 1 is 1.59 bits per heavy atom. The van der Waals surface area contributed by atoms with Gasteiger partial charge in [-0.2, -0.15) is 0 Å². The van der Waals surface area contributed by atoms with Crippen LogP contribution in [-0.2, 0) is 0 Å². The maximum absolute atomic E-state index is 13.8. The molecule has 2 rings (SSSR count). The fourth-order valence-electron chi connectivity index (χ4n) is 2.37. The second-order valence-corrected chi connectivity index (χ2v) is 5.00. The minimum atomic E-state index is -0.410. The quantitative estimate of drug-likeness (QED) is 0.631. The van der Waals surface area contributed by atoms with Crippen molar-refractivity contribution in [3.05, 3.63) is 35.1 Å². The number of alkyl halides is 1. The molecule has 1 fully saturated rings. The average Bonchev–Trinajstić information content (AvgIpc) is 2.74. The first kappa shape index (κ1) is 12.7. The summed E-state index contributed by atoms with van der Waals surface area (Å²) in [6.07, 6.45) is 2.20. The summed E-state index contributed by atoms with van der Waals surface area (Å²) in [7, 11) is 2.05. The summed E-state index contributed by atoms with van der Waals surface area (Å²) < 4.78 is 13.8. The summed E-state index contributed by atoms with van der Waals surface area (Å²) >= 11 is 3.06. The highest BCUT2D eigenvalue weighted by atomic mass is 79.9. The fourth-order valence-corrected chi connectivity index (χ4v) is 2.67. The van der Waals surface area contributed by atoms with Gasteiger partial charge >= 0.3 is 0 Å². The molecule has 1 heterocycles. The molecule has 1 aromatic rings. The van der Waals surface area contributed by atoms with Gasteiger partial charge in [0.25, 0.3) is 0 Å². The summed E-state index contributed by atoms with van der Waals surface area (Å²) in [5.74, 6) is -0.624. The van der Waals surface area contributed by atoms with Crippen molar-refractivity contribution in [3.8, 4) is 0 Å². The largest absolute Gasteiger partial charge is 0.299 e. The van der Waals surface area contributed by atoms with Crippen LogP contribution in [0.15, 0.2) is 18.2 Å². The molecule has 2 nitrogen and oxygen atoms in total. The van der Waals surface area contributed by atoms with Gasteiger partial charge in [-0.25, -0.2) is 4.39 Å². The molecular weight excluding hydrogens is 285 g/mol. The molecule has 1 atom stereocenters. The van der Waals surface area contributed by atoms with Crippen LogP contribution in [0.1, 0.15) is 34.8 Å². The average molecular weight is 300 g/mol. The molecule has 1 unspecified atom stereocenters. The van der Waals surface area contributed by atoms with Crippen molar-refractivity contribution in [1.82, 2.24) is 4.90 Å². The monoisotopic (exact) mass is 299 g/mol. The Morgan fingerprint density at radius 2 is 2.35 bits per heavy atom. The van der Waals surface area contributed by atoms with E-state index in [0.29, 0.717) is 0 Å². The van der Waals surface area contributed by atoms with Crippen LogP contribution < -0.4 is 0 Å². The Balaban J connectivity index is 2.27. The smallest absolute Gasteiger partial charge is 0.176 e. The van der Waals surface area contributed by atoms with Crippen molar-refractivity contribution in [2.45, 2.75) is 18.9 Å². The molecule has 1 aromatic carbocycles. The third kappa shape index (κ3) is 2.58. The van der Waals surface area contributed by atoms with Gasteiger partial charge in [0.2, 0.25) is 0 Å². The second kappa shape index (κ2) is 5.27. The van der Waals surface area contributed by atoms with E-state index in [2.05, 4.69) is 20.8 Å². The van der Waals surface area contributed by atoms with Gasteiger partial charge in [0, 0.05) is 6.04 Å². The molecule has 1 aliphatic rings. The first-order valence-corrected chi connectivity index (χ1v) is 6.84. The molecular formula is C13H15BrFNO. The molecule has 0 aromatic heterocycles. The summed E-state index contributed by atoms with van der Waals surface area (Å²) in [6.45, 7) is 1.05. The number of Topliss-reactive ketones (excluding diaryl/α,β-unsaturated/α-hetero) is 1. The van der Waals surface area contributed by atoms with Crippen LogP contribution in [0, 0.1) is 5.82 Å². The number of carbonyl (C=O) groups excluding carboxylic acids is 1. The minimum Gasteiger partial charge on any atom is -0.299 e. The molecule has 17 heavy (non-hydrogen) atoms. The first-order chi connectivity index (χ1) is 8.13. The van der Waals surface area contributed by atoms with Crippen LogP contribution in [0.4, 0.5) is 4.39 Å². The number of ketones is 1. The van der Waals surface area contributed by atoms with Crippen molar-refractivity contribution in [3.63, 3.8) is 0 Å². The Kier molecular flexibility index (Phi) is 3.94. The lowest BCUT2D eigenvalue weighted by Crippen LogP contribution is -2.18. The van der Waals surface area contributed by atoms with E-state index in [1.54, 1.807) is 6.07 Å². The number of rotatable bonds is 3. The van der Waals surface area contributed by atoms with Crippen LogP contribution >= 0.6 is 15.9 Å². The number of likely N-dealkylation sites (tertiary alicyclic amines) is 1. The molecule has 0 N–H and O–H groups in total.